The molecule has 5 nitrogen and oxygen atoms in total. The number of nitrogens with zero attached hydrogens (tertiary/aromatic N) is 3. The number of aliphatic imine (C=N–C) groups is 1. The third-order valence-corrected chi connectivity index (χ3v) is 4.89. The van der Waals surface area contributed by atoms with Crippen molar-refractivity contribution in [2.24, 2.45) is 10.8 Å². The van der Waals surface area contributed by atoms with Crippen LogP contribution >= 0.6 is 0 Å². The molecule has 1 saturated heterocycles. The van der Waals surface area contributed by atoms with Crippen LogP contribution in [0.2, 0.25) is 0 Å². The predicted molar refractivity (Wildman–Crippen MR) is 84.5 cm³/mol. The Bertz CT molecular complexity index is 303. The fourth-order valence-corrected chi connectivity index (χ4v) is 3.41. The van der Waals surface area contributed by atoms with Crippen LogP contribution in [-0.2, 0) is 0 Å². The zero-order chi connectivity index (χ0) is 14.4. The lowest BCUT2D eigenvalue weighted by Gasteiger charge is -2.37. The zero-order valence-electron chi connectivity index (χ0n) is 13.1. The molecule has 1 aliphatic heterocycles. The summed E-state index contributed by atoms with van der Waals surface area (Å²) in [6.45, 7) is 5.77. The predicted octanol–water partition coefficient (Wildman–Crippen LogP) is 1.55. The molecule has 0 aromatic carbocycles. The Labute approximate surface area is 123 Å². The summed E-state index contributed by atoms with van der Waals surface area (Å²) in [5.74, 6) is 6.60. The van der Waals surface area contributed by atoms with Crippen molar-refractivity contribution in [3.63, 3.8) is 0 Å². The number of likely N-dealkylation sites (tertiary alicyclic amines) is 1. The number of hydrogen-bond acceptors (Lipinski definition) is 3. The maximum atomic E-state index is 5.72. The minimum absolute atomic E-state index is 0.466. The van der Waals surface area contributed by atoms with E-state index in [0.717, 1.165) is 12.5 Å². The van der Waals surface area contributed by atoms with E-state index in [9.17, 15) is 0 Å². The van der Waals surface area contributed by atoms with Crippen LogP contribution in [0, 0.1) is 0 Å². The van der Waals surface area contributed by atoms with E-state index in [1.807, 2.05) is 0 Å². The van der Waals surface area contributed by atoms with Crippen molar-refractivity contribution >= 4 is 5.96 Å². The molecule has 20 heavy (non-hydrogen) atoms. The second-order valence-electron chi connectivity index (χ2n) is 6.17. The standard InChI is InChI=1S/C15H31N5/c1-3-20-11-9-14(10-12-20)19(2)15(18-16)17-13-7-5-4-6-8-13/h13-14H,3-12,16H2,1-2H3,(H,17,18). The molecule has 116 valence electrons. The van der Waals surface area contributed by atoms with Gasteiger partial charge in [0.15, 0.2) is 0 Å². The van der Waals surface area contributed by atoms with Crippen molar-refractivity contribution in [2.75, 3.05) is 26.7 Å². The van der Waals surface area contributed by atoms with Gasteiger partial charge in [0, 0.05) is 26.2 Å². The number of hydrazine groups is 1. The van der Waals surface area contributed by atoms with Gasteiger partial charge in [0.05, 0.1) is 6.04 Å². The SMILES string of the molecule is CCN1CCC(N(C)C(=NC2CCCCC2)NN)CC1. The highest BCUT2D eigenvalue weighted by Crippen LogP contribution is 2.21. The van der Waals surface area contributed by atoms with E-state index in [4.69, 9.17) is 10.8 Å². The molecule has 0 spiro atoms. The lowest BCUT2D eigenvalue weighted by molar-refractivity contribution is 0.169. The van der Waals surface area contributed by atoms with Crippen LogP contribution in [0.15, 0.2) is 4.99 Å². The van der Waals surface area contributed by atoms with Gasteiger partial charge >= 0.3 is 0 Å². The molecule has 2 rings (SSSR count). The van der Waals surface area contributed by atoms with Crippen LogP contribution in [0.1, 0.15) is 51.9 Å². The van der Waals surface area contributed by atoms with Crippen molar-refractivity contribution in [1.82, 2.24) is 15.2 Å². The molecule has 0 unspecified atom stereocenters. The Morgan fingerprint density at radius 2 is 1.85 bits per heavy atom. The molecule has 0 atom stereocenters. The third kappa shape index (κ3) is 4.09. The van der Waals surface area contributed by atoms with Gasteiger partial charge in [-0.3, -0.25) is 5.43 Å². The smallest absolute Gasteiger partial charge is 0.208 e. The normalized spacial score (nSPS) is 23.9. The van der Waals surface area contributed by atoms with Crippen molar-refractivity contribution in [2.45, 2.75) is 64.0 Å². The summed E-state index contributed by atoms with van der Waals surface area (Å²) in [5, 5.41) is 0. The molecule has 0 aromatic heterocycles. The molecule has 1 aliphatic carbocycles. The van der Waals surface area contributed by atoms with E-state index in [-0.39, 0.29) is 0 Å². The zero-order valence-corrected chi connectivity index (χ0v) is 13.1. The summed E-state index contributed by atoms with van der Waals surface area (Å²) in [7, 11) is 2.13. The van der Waals surface area contributed by atoms with Gasteiger partial charge < -0.3 is 9.80 Å². The van der Waals surface area contributed by atoms with E-state index in [1.54, 1.807) is 0 Å². The fourth-order valence-electron chi connectivity index (χ4n) is 3.41. The monoisotopic (exact) mass is 281 g/mol. The number of hydrogen-bond donors (Lipinski definition) is 2. The fraction of sp³-hybridized carbons (Fsp3) is 0.933. The van der Waals surface area contributed by atoms with Crippen molar-refractivity contribution in [1.29, 1.82) is 0 Å². The number of rotatable bonds is 3. The van der Waals surface area contributed by atoms with Crippen LogP contribution in [-0.4, -0.2) is 54.5 Å². The van der Waals surface area contributed by atoms with Gasteiger partial charge in [0.2, 0.25) is 5.96 Å². The highest BCUT2D eigenvalue weighted by molar-refractivity contribution is 5.79. The first kappa shape index (κ1) is 15.6. The largest absolute Gasteiger partial charge is 0.342 e. The molecule has 0 bridgehead atoms. The molecule has 0 radical (unpaired) electrons. The van der Waals surface area contributed by atoms with Crippen LogP contribution < -0.4 is 11.3 Å². The van der Waals surface area contributed by atoms with E-state index < -0.39 is 0 Å². The first-order valence-electron chi connectivity index (χ1n) is 8.24. The molecular formula is C15H31N5. The number of guanidine groups is 1. The molecule has 0 aromatic rings. The Balaban J connectivity index is 1.91. The quantitative estimate of drug-likeness (QED) is 0.357. The maximum absolute atomic E-state index is 5.72. The van der Waals surface area contributed by atoms with Gasteiger partial charge in [-0.05, 0) is 32.2 Å². The molecule has 1 saturated carbocycles. The highest BCUT2D eigenvalue weighted by Gasteiger charge is 2.24. The van der Waals surface area contributed by atoms with Gasteiger partial charge in [0.25, 0.3) is 0 Å². The molecule has 0 amide bonds. The van der Waals surface area contributed by atoms with Crippen LogP contribution in [0.5, 0.6) is 0 Å². The second kappa shape index (κ2) is 7.84. The van der Waals surface area contributed by atoms with Gasteiger partial charge in [0.1, 0.15) is 0 Å². The van der Waals surface area contributed by atoms with Crippen LogP contribution in [0.4, 0.5) is 0 Å². The summed E-state index contributed by atoms with van der Waals surface area (Å²) in [4.78, 5) is 9.64. The Kier molecular flexibility index (Phi) is 6.10. The van der Waals surface area contributed by atoms with Crippen LogP contribution in [0.25, 0.3) is 0 Å². The summed E-state index contributed by atoms with van der Waals surface area (Å²) in [6, 6.07) is 1.03. The Morgan fingerprint density at radius 3 is 2.40 bits per heavy atom. The summed E-state index contributed by atoms with van der Waals surface area (Å²) in [5.41, 5.74) is 2.83. The molecule has 3 N–H and O–H groups in total. The van der Waals surface area contributed by atoms with Gasteiger partial charge in [-0.25, -0.2) is 10.8 Å². The minimum atomic E-state index is 0.466. The first-order valence-corrected chi connectivity index (χ1v) is 8.24. The summed E-state index contributed by atoms with van der Waals surface area (Å²) in [6.07, 6.45) is 8.82. The van der Waals surface area contributed by atoms with E-state index in [2.05, 4.69) is 29.2 Å². The van der Waals surface area contributed by atoms with E-state index >= 15 is 0 Å². The molecular weight excluding hydrogens is 250 g/mol. The van der Waals surface area contributed by atoms with E-state index in [1.165, 1.54) is 58.0 Å². The topological polar surface area (TPSA) is 56.9 Å². The second-order valence-corrected chi connectivity index (χ2v) is 6.17. The lowest BCUT2D eigenvalue weighted by Crippen LogP contribution is -2.51. The third-order valence-electron chi connectivity index (χ3n) is 4.89. The van der Waals surface area contributed by atoms with Crippen molar-refractivity contribution in [3.05, 3.63) is 0 Å². The molecule has 1 heterocycles. The van der Waals surface area contributed by atoms with E-state index in [0.29, 0.717) is 12.1 Å². The molecule has 2 aliphatic rings. The van der Waals surface area contributed by atoms with Crippen molar-refractivity contribution in [3.8, 4) is 0 Å². The average molecular weight is 281 g/mol. The number of nitrogens with one attached hydrogen (secondary N) is 1. The van der Waals surface area contributed by atoms with Crippen LogP contribution in [0.3, 0.4) is 0 Å². The summed E-state index contributed by atoms with van der Waals surface area (Å²) < 4.78 is 0. The maximum Gasteiger partial charge on any atom is 0.208 e. The number of nitrogens with two attached hydrogens (primary N) is 1. The molecule has 5 heteroatoms. The Hall–Kier alpha value is -0.810. The van der Waals surface area contributed by atoms with Crippen molar-refractivity contribution < 1.29 is 0 Å². The highest BCUT2D eigenvalue weighted by atomic mass is 15.4. The minimum Gasteiger partial charge on any atom is -0.342 e. The summed E-state index contributed by atoms with van der Waals surface area (Å²) >= 11 is 0. The Morgan fingerprint density at radius 1 is 1.20 bits per heavy atom. The van der Waals surface area contributed by atoms with Gasteiger partial charge in [-0.15, -0.1) is 0 Å². The first-order chi connectivity index (χ1) is 9.74. The molecule has 2 fully saturated rings. The average Bonchev–Trinajstić information content (AvgIpc) is 2.53. The number of piperidine rings is 1. The van der Waals surface area contributed by atoms with Gasteiger partial charge in [-0.2, -0.15) is 0 Å². The lowest BCUT2D eigenvalue weighted by atomic mass is 9.96. The van der Waals surface area contributed by atoms with Gasteiger partial charge in [-0.1, -0.05) is 26.2 Å².